The van der Waals surface area contributed by atoms with Crippen LogP contribution in [0.3, 0.4) is 0 Å². The number of hydrogen-bond acceptors (Lipinski definition) is 5. The molecule has 2 aliphatic rings. The monoisotopic (exact) mass is 417 g/mol. The molecule has 1 fully saturated rings. The summed E-state index contributed by atoms with van der Waals surface area (Å²) in [6.07, 6.45) is 7.18. The fourth-order valence-electron chi connectivity index (χ4n) is 4.34. The molecule has 1 amide bonds. The van der Waals surface area contributed by atoms with E-state index in [1.807, 2.05) is 30.8 Å². The van der Waals surface area contributed by atoms with Crippen molar-refractivity contribution in [3.63, 3.8) is 0 Å². The second kappa shape index (κ2) is 10.2. The van der Waals surface area contributed by atoms with Gasteiger partial charge in [-0.05, 0) is 61.0 Å². The minimum Gasteiger partial charge on any atom is -0.496 e. The van der Waals surface area contributed by atoms with Crippen LogP contribution in [0.25, 0.3) is 0 Å². The van der Waals surface area contributed by atoms with Crippen LogP contribution in [0.4, 0.5) is 0 Å². The van der Waals surface area contributed by atoms with Gasteiger partial charge < -0.3 is 14.8 Å². The van der Waals surface area contributed by atoms with Gasteiger partial charge in [-0.3, -0.25) is 9.59 Å². The first-order valence-corrected chi connectivity index (χ1v) is 11.5. The molecular weight excluding hydrogens is 386 g/mol. The number of methoxy groups -OCH3 is 1. The van der Waals surface area contributed by atoms with Gasteiger partial charge in [-0.15, -0.1) is 11.8 Å². The maximum absolute atomic E-state index is 12.8. The van der Waals surface area contributed by atoms with Crippen LogP contribution in [0.2, 0.25) is 0 Å². The van der Waals surface area contributed by atoms with E-state index < -0.39 is 0 Å². The van der Waals surface area contributed by atoms with E-state index in [4.69, 9.17) is 9.47 Å². The highest BCUT2D eigenvalue weighted by Crippen LogP contribution is 2.47. The van der Waals surface area contributed by atoms with E-state index in [9.17, 15) is 9.59 Å². The van der Waals surface area contributed by atoms with E-state index in [0.717, 1.165) is 37.9 Å². The lowest BCUT2D eigenvalue weighted by atomic mass is 9.65. The summed E-state index contributed by atoms with van der Waals surface area (Å²) >= 11 is 1.83. The number of esters is 1. The summed E-state index contributed by atoms with van der Waals surface area (Å²) in [6.45, 7) is 2.61. The Bertz CT molecular complexity index is 740. The van der Waals surface area contributed by atoms with Gasteiger partial charge >= 0.3 is 5.97 Å². The summed E-state index contributed by atoms with van der Waals surface area (Å²) in [5.41, 5.74) is 0.564. The first kappa shape index (κ1) is 21.8. The molecule has 1 aromatic carbocycles. The molecule has 1 aromatic rings. The molecule has 1 aliphatic carbocycles. The van der Waals surface area contributed by atoms with E-state index in [1.165, 1.54) is 0 Å². The zero-order chi connectivity index (χ0) is 20.7. The minimum absolute atomic E-state index is 0.00475. The highest BCUT2D eigenvalue weighted by molar-refractivity contribution is 8.02. The van der Waals surface area contributed by atoms with Crippen molar-refractivity contribution in [2.75, 3.05) is 19.4 Å². The fourth-order valence-corrected chi connectivity index (χ4v) is 5.43. The van der Waals surface area contributed by atoms with Gasteiger partial charge in [0.05, 0.1) is 12.7 Å². The highest BCUT2D eigenvalue weighted by atomic mass is 32.2. The van der Waals surface area contributed by atoms with Crippen LogP contribution in [0.15, 0.2) is 35.7 Å². The number of thioether (sulfide) groups is 1. The molecule has 158 valence electrons. The van der Waals surface area contributed by atoms with E-state index in [-0.39, 0.29) is 23.4 Å². The third kappa shape index (κ3) is 5.35. The van der Waals surface area contributed by atoms with Gasteiger partial charge in [0, 0.05) is 18.7 Å². The molecular formula is C23H31NO4S. The maximum atomic E-state index is 12.8. The number of rotatable bonds is 8. The van der Waals surface area contributed by atoms with E-state index in [2.05, 4.69) is 16.8 Å². The molecule has 3 rings (SSSR count). The number of hydrogen-bond donors (Lipinski definition) is 1. The summed E-state index contributed by atoms with van der Waals surface area (Å²) in [7, 11) is 1.58. The number of allylic oxidation sites excluding steroid dienone is 1. The van der Waals surface area contributed by atoms with Gasteiger partial charge in [0.15, 0.2) is 0 Å². The predicted octanol–water partition coefficient (Wildman–Crippen LogP) is 4.57. The number of carbonyl (C=O) groups excluding carboxylic acids is 2. The molecule has 1 saturated carbocycles. The second-order valence-electron chi connectivity index (χ2n) is 7.95. The van der Waals surface area contributed by atoms with Crippen molar-refractivity contribution in [3.05, 3.63) is 41.3 Å². The van der Waals surface area contributed by atoms with Crippen LogP contribution in [0.1, 0.15) is 55.8 Å². The molecule has 0 aromatic heterocycles. The van der Waals surface area contributed by atoms with Gasteiger partial charge in [-0.25, -0.2) is 0 Å². The van der Waals surface area contributed by atoms with Crippen molar-refractivity contribution in [1.29, 1.82) is 0 Å². The quantitative estimate of drug-likeness (QED) is 0.628. The van der Waals surface area contributed by atoms with E-state index in [1.54, 1.807) is 19.2 Å². The third-order valence-electron chi connectivity index (χ3n) is 6.10. The Morgan fingerprint density at radius 2 is 2.00 bits per heavy atom. The number of benzene rings is 1. The normalized spacial score (nSPS) is 26.1. The van der Waals surface area contributed by atoms with Crippen LogP contribution in [0, 0.1) is 11.3 Å². The molecule has 29 heavy (non-hydrogen) atoms. The molecule has 6 heteroatoms. The Morgan fingerprint density at radius 3 is 2.66 bits per heavy atom. The molecule has 5 nitrogen and oxygen atoms in total. The number of para-hydroxylation sites is 1. The Kier molecular flexibility index (Phi) is 7.64. The zero-order valence-corrected chi connectivity index (χ0v) is 18.1. The van der Waals surface area contributed by atoms with Gasteiger partial charge in [-0.2, -0.15) is 0 Å². The van der Waals surface area contributed by atoms with Gasteiger partial charge in [0.2, 0.25) is 0 Å². The summed E-state index contributed by atoms with van der Waals surface area (Å²) in [6, 6.07) is 7.30. The lowest BCUT2D eigenvalue weighted by Gasteiger charge is -2.43. The van der Waals surface area contributed by atoms with Crippen LogP contribution in [0.5, 0.6) is 5.75 Å². The standard InChI is InChI=1S/C23H31NO4S/c1-3-6-21(25)28-18-9-12-23(13-10-18,17-11-14-29-15-17)16-24-22(26)19-7-4-5-8-20(19)27-2/h4-5,7-8,11,14,17-18H,3,6,9-10,12-13,15-16H2,1-2H3,(H,24,26)/t17-,18-,23+/m0/s1. The smallest absolute Gasteiger partial charge is 0.306 e. The lowest BCUT2D eigenvalue weighted by molar-refractivity contribution is -0.152. The molecule has 0 bridgehead atoms. The summed E-state index contributed by atoms with van der Waals surface area (Å²) < 4.78 is 11.0. The van der Waals surface area contributed by atoms with E-state index in [0.29, 0.717) is 30.2 Å². The van der Waals surface area contributed by atoms with Crippen LogP contribution in [-0.4, -0.2) is 37.4 Å². The Labute approximate surface area is 177 Å². The summed E-state index contributed by atoms with van der Waals surface area (Å²) in [5, 5.41) is 5.34. The van der Waals surface area contributed by atoms with Crippen molar-refractivity contribution in [2.45, 2.75) is 51.6 Å². The molecule has 1 heterocycles. The van der Waals surface area contributed by atoms with Crippen LogP contribution >= 0.6 is 11.8 Å². The van der Waals surface area contributed by atoms with Crippen molar-refractivity contribution in [2.24, 2.45) is 11.3 Å². The van der Waals surface area contributed by atoms with Crippen LogP contribution < -0.4 is 10.1 Å². The van der Waals surface area contributed by atoms with E-state index >= 15 is 0 Å². The first-order valence-electron chi connectivity index (χ1n) is 10.5. The summed E-state index contributed by atoms with van der Waals surface area (Å²) in [5.74, 6) is 1.86. The second-order valence-corrected chi connectivity index (χ2v) is 8.89. The Balaban J connectivity index is 1.65. The molecule has 0 radical (unpaired) electrons. The lowest BCUT2D eigenvalue weighted by Crippen LogP contribution is -2.46. The van der Waals surface area contributed by atoms with Gasteiger partial charge in [0.25, 0.3) is 5.91 Å². The molecule has 1 N–H and O–H groups in total. The fraction of sp³-hybridized carbons (Fsp3) is 0.565. The third-order valence-corrected chi connectivity index (χ3v) is 7.00. The number of ether oxygens (including phenoxy) is 2. The average Bonchev–Trinajstić information content (AvgIpc) is 3.29. The first-order chi connectivity index (χ1) is 14.1. The van der Waals surface area contributed by atoms with Gasteiger partial charge in [0.1, 0.15) is 11.9 Å². The van der Waals surface area contributed by atoms with Crippen molar-refractivity contribution < 1.29 is 19.1 Å². The van der Waals surface area contributed by atoms with Crippen molar-refractivity contribution >= 4 is 23.6 Å². The molecule has 1 atom stereocenters. The highest BCUT2D eigenvalue weighted by Gasteiger charge is 2.42. The predicted molar refractivity (Wildman–Crippen MR) is 116 cm³/mol. The Morgan fingerprint density at radius 1 is 1.24 bits per heavy atom. The minimum atomic E-state index is -0.104. The molecule has 0 spiro atoms. The summed E-state index contributed by atoms with van der Waals surface area (Å²) in [4.78, 5) is 24.7. The molecule has 0 unspecified atom stereocenters. The number of carbonyl (C=O) groups is 2. The zero-order valence-electron chi connectivity index (χ0n) is 17.3. The Hall–Kier alpha value is -1.95. The molecule has 0 saturated heterocycles. The maximum Gasteiger partial charge on any atom is 0.306 e. The van der Waals surface area contributed by atoms with Crippen molar-refractivity contribution in [1.82, 2.24) is 5.32 Å². The SMILES string of the molecule is CCCC(=O)O[C@H]1CC[C@@](CNC(=O)c2ccccc2OC)([C@H]2C=CSC2)CC1. The topological polar surface area (TPSA) is 64.6 Å². The number of nitrogens with one attached hydrogen (secondary N) is 1. The van der Waals surface area contributed by atoms with Crippen molar-refractivity contribution in [3.8, 4) is 5.75 Å². The number of amides is 1. The largest absolute Gasteiger partial charge is 0.496 e. The average molecular weight is 418 g/mol. The van der Waals surface area contributed by atoms with Crippen LogP contribution in [-0.2, 0) is 9.53 Å². The van der Waals surface area contributed by atoms with Gasteiger partial charge in [-0.1, -0.05) is 25.1 Å². The molecule has 1 aliphatic heterocycles.